The lowest BCUT2D eigenvalue weighted by atomic mass is 10.1. The molecular weight excluding hydrogens is 210 g/mol. The molecule has 0 saturated heterocycles. The second-order valence-electron chi connectivity index (χ2n) is 3.98. The Morgan fingerprint density at radius 2 is 2.18 bits per heavy atom. The van der Waals surface area contributed by atoms with Gasteiger partial charge in [0.25, 0.3) is 0 Å². The van der Waals surface area contributed by atoms with Crippen LogP contribution < -0.4 is 5.32 Å². The molecule has 1 heterocycles. The van der Waals surface area contributed by atoms with Crippen LogP contribution in [0, 0.1) is 12.3 Å². The zero-order chi connectivity index (χ0) is 12.1. The second-order valence-corrected chi connectivity index (χ2v) is 3.98. The van der Waals surface area contributed by atoms with Crippen molar-refractivity contribution in [1.82, 2.24) is 5.32 Å². The SMILES string of the molecule is C#CCCNCc1c(CC)oc2ccccc12. The summed E-state index contributed by atoms with van der Waals surface area (Å²) >= 11 is 0. The van der Waals surface area contributed by atoms with Crippen LogP contribution in [0.15, 0.2) is 28.7 Å². The van der Waals surface area contributed by atoms with Crippen LogP contribution >= 0.6 is 0 Å². The fraction of sp³-hybridized carbons (Fsp3) is 0.333. The first-order valence-electron chi connectivity index (χ1n) is 6.00. The summed E-state index contributed by atoms with van der Waals surface area (Å²) in [6.07, 6.45) is 6.90. The highest BCUT2D eigenvalue weighted by Crippen LogP contribution is 2.25. The van der Waals surface area contributed by atoms with Crippen molar-refractivity contribution in [2.75, 3.05) is 6.54 Å². The van der Waals surface area contributed by atoms with E-state index in [1.165, 1.54) is 10.9 Å². The molecule has 2 aromatic rings. The molecule has 0 aliphatic rings. The lowest BCUT2D eigenvalue weighted by Gasteiger charge is -2.02. The number of rotatable bonds is 5. The molecule has 0 unspecified atom stereocenters. The predicted molar refractivity (Wildman–Crippen MR) is 70.7 cm³/mol. The van der Waals surface area contributed by atoms with Gasteiger partial charge in [-0.1, -0.05) is 25.1 Å². The van der Waals surface area contributed by atoms with Gasteiger partial charge in [0, 0.05) is 36.9 Å². The Hall–Kier alpha value is -1.72. The number of para-hydroxylation sites is 1. The summed E-state index contributed by atoms with van der Waals surface area (Å²) in [7, 11) is 0. The molecule has 0 atom stereocenters. The normalized spacial score (nSPS) is 10.6. The van der Waals surface area contributed by atoms with Crippen molar-refractivity contribution in [2.45, 2.75) is 26.3 Å². The Kier molecular flexibility index (Phi) is 3.85. The van der Waals surface area contributed by atoms with Crippen LogP contribution in [0.3, 0.4) is 0 Å². The largest absolute Gasteiger partial charge is 0.461 e. The van der Waals surface area contributed by atoms with Gasteiger partial charge in [-0.25, -0.2) is 0 Å². The van der Waals surface area contributed by atoms with E-state index in [0.29, 0.717) is 0 Å². The number of terminal acetylenes is 1. The summed E-state index contributed by atoms with van der Waals surface area (Å²) in [6, 6.07) is 8.17. The number of benzene rings is 1. The highest BCUT2D eigenvalue weighted by molar-refractivity contribution is 5.82. The molecule has 1 N–H and O–H groups in total. The van der Waals surface area contributed by atoms with Crippen LogP contribution in [0.2, 0.25) is 0 Å². The molecular formula is C15H17NO. The Bertz CT molecular complexity index is 533. The minimum Gasteiger partial charge on any atom is -0.461 e. The van der Waals surface area contributed by atoms with Crippen molar-refractivity contribution in [3.05, 3.63) is 35.6 Å². The molecule has 88 valence electrons. The lowest BCUT2D eigenvalue weighted by molar-refractivity contribution is 0.544. The van der Waals surface area contributed by atoms with Crippen LogP contribution in [-0.4, -0.2) is 6.54 Å². The third-order valence-corrected chi connectivity index (χ3v) is 2.85. The quantitative estimate of drug-likeness (QED) is 0.627. The van der Waals surface area contributed by atoms with Gasteiger partial charge in [0.2, 0.25) is 0 Å². The zero-order valence-electron chi connectivity index (χ0n) is 10.1. The van der Waals surface area contributed by atoms with Gasteiger partial charge >= 0.3 is 0 Å². The molecule has 0 bridgehead atoms. The van der Waals surface area contributed by atoms with E-state index in [9.17, 15) is 0 Å². The van der Waals surface area contributed by atoms with Gasteiger partial charge in [0.15, 0.2) is 0 Å². The average Bonchev–Trinajstić information content (AvgIpc) is 2.73. The molecule has 0 spiro atoms. The summed E-state index contributed by atoms with van der Waals surface area (Å²) in [5, 5.41) is 4.56. The maximum atomic E-state index is 5.83. The standard InChI is InChI=1S/C15H17NO/c1-3-5-10-16-11-13-12-8-6-7-9-15(12)17-14(13)4-2/h1,6-9,16H,4-5,10-11H2,2H3. The van der Waals surface area contributed by atoms with Crippen LogP contribution in [0.25, 0.3) is 11.0 Å². The van der Waals surface area contributed by atoms with Crippen molar-refractivity contribution >= 4 is 11.0 Å². The summed E-state index contributed by atoms with van der Waals surface area (Å²) in [6.45, 7) is 3.78. The van der Waals surface area contributed by atoms with E-state index in [-0.39, 0.29) is 0 Å². The maximum Gasteiger partial charge on any atom is 0.134 e. The molecule has 1 aromatic carbocycles. The first-order chi connectivity index (χ1) is 8.36. The fourth-order valence-electron chi connectivity index (χ4n) is 2.00. The number of aryl methyl sites for hydroxylation is 1. The predicted octanol–water partition coefficient (Wildman–Crippen LogP) is 3.11. The third kappa shape index (κ3) is 2.51. The van der Waals surface area contributed by atoms with E-state index < -0.39 is 0 Å². The third-order valence-electron chi connectivity index (χ3n) is 2.85. The summed E-state index contributed by atoms with van der Waals surface area (Å²) < 4.78 is 5.83. The lowest BCUT2D eigenvalue weighted by Crippen LogP contribution is -2.14. The molecule has 2 nitrogen and oxygen atoms in total. The van der Waals surface area contributed by atoms with Gasteiger partial charge in [0.1, 0.15) is 11.3 Å². The van der Waals surface area contributed by atoms with Gasteiger partial charge in [-0.3, -0.25) is 0 Å². The monoisotopic (exact) mass is 227 g/mol. The van der Waals surface area contributed by atoms with Crippen molar-refractivity contribution < 1.29 is 4.42 Å². The highest BCUT2D eigenvalue weighted by Gasteiger charge is 2.11. The number of fused-ring (bicyclic) bond motifs is 1. The molecule has 0 aliphatic carbocycles. The number of hydrogen-bond acceptors (Lipinski definition) is 2. The Labute approximate surface area is 102 Å². The van der Waals surface area contributed by atoms with E-state index >= 15 is 0 Å². The number of nitrogens with one attached hydrogen (secondary N) is 1. The van der Waals surface area contributed by atoms with Crippen LogP contribution in [0.1, 0.15) is 24.7 Å². The van der Waals surface area contributed by atoms with Gasteiger partial charge in [-0.2, -0.15) is 0 Å². The van der Waals surface area contributed by atoms with Crippen molar-refractivity contribution in [2.24, 2.45) is 0 Å². The summed E-state index contributed by atoms with van der Waals surface area (Å²) in [5.41, 5.74) is 2.23. The molecule has 0 aliphatic heterocycles. The second kappa shape index (κ2) is 5.56. The number of furan rings is 1. The van der Waals surface area contributed by atoms with Gasteiger partial charge < -0.3 is 9.73 Å². The summed E-state index contributed by atoms with van der Waals surface area (Å²) in [4.78, 5) is 0. The van der Waals surface area contributed by atoms with E-state index in [0.717, 1.165) is 37.3 Å². The van der Waals surface area contributed by atoms with E-state index in [4.69, 9.17) is 10.8 Å². The fourth-order valence-corrected chi connectivity index (χ4v) is 2.00. The topological polar surface area (TPSA) is 25.2 Å². The van der Waals surface area contributed by atoms with Gasteiger partial charge in [-0.15, -0.1) is 12.3 Å². The Balaban J connectivity index is 2.22. The molecule has 0 amide bonds. The molecule has 1 aromatic heterocycles. The van der Waals surface area contributed by atoms with Gasteiger partial charge in [0.05, 0.1) is 0 Å². The maximum absolute atomic E-state index is 5.83. The smallest absolute Gasteiger partial charge is 0.134 e. The molecule has 0 saturated carbocycles. The van der Waals surface area contributed by atoms with E-state index in [1.807, 2.05) is 18.2 Å². The minimum absolute atomic E-state index is 0.761. The zero-order valence-corrected chi connectivity index (χ0v) is 10.1. The molecule has 0 radical (unpaired) electrons. The Morgan fingerprint density at radius 1 is 1.35 bits per heavy atom. The highest BCUT2D eigenvalue weighted by atomic mass is 16.3. The summed E-state index contributed by atoms with van der Waals surface area (Å²) in [5.74, 6) is 3.70. The average molecular weight is 227 g/mol. The van der Waals surface area contributed by atoms with Crippen molar-refractivity contribution in [3.8, 4) is 12.3 Å². The van der Waals surface area contributed by atoms with E-state index in [1.54, 1.807) is 0 Å². The van der Waals surface area contributed by atoms with Crippen LogP contribution in [0.5, 0.6) is 0 Å². The molecule has 2 rings (SSSR count). The first kappa shape index (κ1) is 11.8. The molecule has 0 fully saturated rings. The number of hydrogen-bond donors (Lipinski definition) is 1. The molecule has 17 heavy (non-hydrogen) atoms. The molecule has 2 heteroatoms. The minimum atomic E-state index is 0.761. The van der Waals surface area contributed by atoms with Crippen LogP contribution in [-0.2, 0) is 13.0 Å². The Morgan fingerprint density at radius 3 is 2.94 bits per heavy atom. The van der Waals surface area contributed by atoms with Crippen LogP contribution in [0.4, 0.5) is 0 Å². The van der Waals surface area contributed by atoms with Crippen molar-refractivity contribution in [1.29, 1.82) is 0 Å². The first-order valence-corrected chi connectivity index (χ1v) is 6.00. The van der Waals surface area contributed by atoms with Gasteiger partial charge in [-0.05, 0) is 6.07 Å². The van der Waals surface area contributed by atoms with E-state index in [2.05, 4.69) is 24.2 Å². The van der Waals surface area contributed by atoms with Crippen molar-refractivity contribution in [3.63, 3.8) is 0 Å².